The SMILES string of the molecule is [CH3][Lr]1([CH3])[NH]CC[NH]1. The summed E-state index contributed by atoms with van der Waals surface area (Å²) in [6, 6.07) is 0. The van der Waals surface area contributed by atoms with Gasteiger partial charge in [0.1, 0.15) is 0 Å². The molecule has 1 saturated heterocycles. The van der Waals surface area contributed by atoms with E-state index in [0.29, 0.717) is 0 Å². The number of hydrogen-bond donors (Lipinski definition) is 2. The monoisotopic (exact) mass is 350 g/mol. The van der Waals surface area contributed by atoms with Crippen LogP contribution in [0.25, 0.3) is 0 Å². The first kappa shape index (κ1) is 4.09. The molecule has 2 N–H and O–H groups in total. The van der Waals surface area contributed by atoms with Crippen molar-refractivity contribution in [2.75, 3.05) is 13.1 Å². The summed E-state index contributed by atoms with van der Waals surface area (Å²) in [4.78, 5) is 0. The van der Waals surface area contributed by atoms with Crippen molar-refractivity contribution in [3.8, 4) is 0 Å². The van der Waals surface area contributed by atoms with Gasteiger partial charge in [-0.25, -0.2) is 0 Å². The van der Waals surface area contributed by atoms with Gasteiger partial charge in [-0.2, -0.15) is 0 Å². The summed E-state index contributed by atoms with van der Waals surface area (Å²) in [5, 5.41) is 0. The summed E-state index contributed by atoms with van der Waals surface area (Å²) in [7, 11) is 4.62. The molecule has 0 aromatic heterocycles. The Labute approximate surface area is 40.5 Å². The van der Waals surface area contributed by atoms with E-state index < -0.39 is 0 Å². The quantitative estimate of drug-likeness (QED) is 0.655. The summed E-state index contributed by atoms with van der Waals surface area (Å²) in [6.07, 6.45) is 0. The van der Waals surface area contributed by atoms with Gasteiger partial charge in [0.15, 0.2) is 0 Å². The van der Waals surface area contributed by atoms with Crippen LogP contribution in [0.4, 0.5) is 0 Å². The van der Waals surface area contributed by atoms with E-state index in [1.807, 2.05) is 0 Å². The normalized spacial score (nSPS) is 28.3. The average Bonchev–Trinajstić information content (AvgIpc) is 1.84. The van der Waals surface area contributed by atoms with Gasteiger partial charge in [0.05, 0.1) is 0 Å². The van der Waals surface area contributed by atoms with Crippen LogP contribution in [-0.2, 0) is 0 Å². The second kappa shape index (κ2) is 0.950. The molecular weight excluding hydrogens is 338 g/mol. The Morgan fingerprint density at radius 3 is 1.71 bits per heavy atom. The van der Waals surface area contributed by atoms with E-state index in [1.54, 1.807) is 0 Å². The number of nitrogens with one attached hydrogen (secondary N) is 2. The zero-order chi connectivity index (χ0) is 5.33. The molecule has 0 aromatic rings. The fraction of sp³-hybridized carbons (Fsp3) is 1.00. The van der Waals surface area contributed by atoms with Crippen LogP contribution in [0.15, 0.2) is 0 Å². The van der Waals surface area contributed by atoms with Gasteiger partial charge in [0.25, 0.3) is 0 Å². The van der Waals surface area contributed by atoms with Gasteiger partial charge in [-0.3, -0.25) is 0 Å². The van der Waals surface area contributed by atoms with Crippen LogP contribution in [0.1, 0.15) is 0 Å². The molecule has 0 radical (unpaired) electrons. The third kappa shape index (κ3) is 0.669. The Balaban J connectivity index is 2.40. The maximum absolute atomic E-state index is 3.46. The Morgan fingerprint density at radius 1 is 1.14 bits per heavy atom. The zero-order valence-corrected chi connectivity index (χ0v) is 6.82. The van der Waals surface area contributed by atoms with Gasteiger partial charge >= 0.3 is 39.4 Å². The van der Waals surface area contributed by atoms with Crippen molar-refractivity contribution < 1.29 is 0 Å². The molecule has 0 aromatic carbocycles. The fourth-order valence-corrected chi connectivity index (χ4v) is 3.91. The van der Waals surface area contributed by atoms with Crippen molar-refractivity contribution in [3.63, 3.8) is 0 Å². The summed E-state index contributed by atoms with van der Waals surface area (Å²) in [5.74, 6) is 0. The van der Waals surface area contributed by atoms with Crippen molar-refractivity contribution >= 4 is 0 Å². The van der Waals surface area contributed by atoms with Crippen LogP contribution in [0, 0.1) is 0 Å². The van der Waals surface area contributed by atoms with Crippen LogP contribution >= 0.6 is 0 Å². The molecule has 1 fully saturated rings. The molecule has 1 aliphatic rings. The Morgan fingerprint density at radius 2 is 1.57 bits per heavy atom. The van der Waals surface area contributed by atoms with Crippen LogP contribution in [0.3, 0.4) is 0 Å². The summed E-state index contributed by atoms with van der Waals surface area (Å²) >= 11 is 0. The van der Waals surface area contributed by atoms with Gasteiger partial charge in [0.2, 0.25) is 0 Å². The average molecular weight is 350 g/mol. The summed E-state index contributed by atoms with van der Waals surface area (Å²) in [5.41, 5.74) is 6.92. The van der Waals surface area contributed by atoms with E-state index in [4.69, 9.17) is 0 Å². The van der Waals surface area contributed by atoms with Gasteiger partial charge in [-0.15, -0.1) is 0 Å². The first-order chi connectivity index (χ1) is 3.21. The minimum absolute atomic E-state index is 1.18. The number of rotatable bonds is 0. The van der Waals surface area contributed by atoms with Gasteiger partial charge in [-0.1, -0.05) is 0 Å². The van der Waals surface area contributed by atoms with Crippen molar-refractivity contribution in [2.45, 2.75) is 14.9 Å². The van der Waals surface area contributed by atoms with Gasteiger partial charge in [-0.05, 0) is 0 Å². The molecule has 7 heavy (non-hydrogen) atoms. The van der Waals surface area contributed by atoms with E-state index >= 15 is 0 Å². The standard InChI is InChI=1S/C2H6N2.2CH3.Lr/c3-1-2-4;;;/h3-4H,1-2H2;2*1H3;/q-2;;;+2. The van der Waals surface area contributed by atoms with E-state index in [-0.39, 0.29) is 0 Å². The first-order valence-electron chi connectivity index (χ1n) is 1.98. The molecule has 0 spiro atoms. The molecule has 1 rings (SSSR count). The zero-order valence-electron chi connectivity index (χ0n) is 4.67. The fourth-order valence-electron chi connectivity index (χ4n) is 0.420. The molecular formula is C4H12LrN2. The van der Waals surface area contributed by atoms with Crippen LogP contribution in [0.5, 0.6) is 0 Å². The van der Waals surface area contributed by atoms with Crippen molar-refractivity contribution in [3.05, 3.63) is 0 Å². The molecule has 2 nitrogen and oxygen atoms in total. The summed E-state index contributed by atoms with van der Waals surface area (Å²) < 4.78 is -1.35. The van der Waals surface area contributed by atoms with E-state index in [9.17, 15) is 0 Å². The molecule has 0 aliphatic carbocycles. The van der Waals surface area contributed by atoms with Crippen molar-refractivity contribution in [1.29, 1.82) is 0 Å². The molecule has 3 heteroatoms. The van der Waals surface area contributed by atoms with Gasteiger partial charge in [0, 0.05) is 0 Å². The molecule has 0 atom stereocenters. The molecule has 1 aliphatic heterocycles. The Kier molecular flexibility index (Phi) is 0.555. The van der Waals surface area contributed by atoms with Crippen molar-refractivity contribution in [2.24, 2.45) is 0 Å². The summed E-state index contributed by atoms with van der Waals surface area (Å²) in [6.45, 7) is 2.36. The molecule has 0 unspecified atom stereocenters. The van der Waals surface area contributed by atoms with Crippen LogP contribution in [-0.4, -0.2) is 13.1 Å². The first-order valence-corrected chi connectivity index (χ1v) is 8.43. The van der Waals surface area contributed by atoms with Crippen molar-refractivity contribution in [1.82, 2.24) is 11.5 Å². The predicted molar refractivity (Wildman–Crippen MR) is 27.7 cm³/mol. The third-order valence-corrected chi connectivity index (χ3v) is 5.59. The Hall–Kier alpha value is -1.08. The molecule has 0 bridgehead atoms. The molecule has 0 amide bonds. The molecule has 53 valence electrons. The van der Waals surface area contributed by atoms with Gasteiger partial charge < -0.3 is 0 Å². The van der Waals surface area contributed by atoms with E-state index in [2.05, 4.69) is 26.3 Å². The predicted octanol–water partition coefficient (Wildman–Crippen LogP) is 0.262. The van der Waals surface area contributed by atoms with E-state index in [1.165, 1.54) is 13.1 Å². The third-order valence-electron chi connectivity index (χ3n) is 0.711. The second-order valence-electron chi connectivity index (χ2n) is 1.52. The van der Waals surface area contributed by atoms with E-state index in [0.717, 1.165) is 0 Å². The Bertz CT molecular complexity index is 64.1. The maximum atomic E-state index is 3.46. The minimum atomic E-state index is -1.35. The van der Waals surface area contributed by atoms with Crippen LogP contribution in [0.2, 0.25) is 14.9 Å². The molecule has 1 heterocycles. The van der Waals surface area contributed by atoms with Crippen LogP contribution < -0.4 is 11.5 Å². The molecule has 0 saturated carbocycles. The second-order valence-corrected chi connectivity index (χ2v) is 10.0. The number of hydrogen-bond acceptors (Lipinski definition) is 2. The topological polar surface area (TPSA) is 24.1 Å².